The first kappa shape index (κ1) is 21.8. The highest BCUT2D eigenvalue weighted by Gasteiger charge is 2.17. The number of nitrogens with one attached hydrogen (secondary N) is 1. The molecule has 3 aromatic carbocycles. The molecule has 0 aliphatic carbocycles. The summed E-state index contributed by atoms with van der Waals surface area (Å²) in [5, 5.41) is 18.7. The zero-order valence-corrected chi connectivity index (χ0v) is 18.6. The third-order valence-corrected chi connectivity index (χ3v) is 5.19. The molecular formula is C26H24N4O3. The SMILES string of the molecule is COc1cccc(/C=N\NC(=O)c2cc(-c3ccc(C)cc3)n(-c3ccc(C)cc3)n2)c1O. The number of hydrazone groups is 1. The van der Waals surface area contributed by atoms with Crippen molar-refractivity contribution < 1.29 is 14.6 Å². The Morgan fingerprint density at radius 2 is 1.70 bits per heavy atom. The van der Waals surface area contributed by atoms with E-state index in [1.165, 1.54) is 13.3 Å². The second-order valence-electron chi connectivity index (χ2n) is 7.63. The Balaban J connectivity index is 1.63. The molecule has 33 heavy (non-hydrogen) atoms. The number of rotatable bonds is 6. The molecule has 0 fully saturated rings. The zero-order valence-electron chi connectivity index (χ0n) is 18.6. The quantitative estimate of drug-likeness (QED) is 0.338. The molecule has 0 bridgehead atoms. The van der Waals surface area contributed by atoms with E-state index < -0.39 is 5.91 Å². The minimum absolute atomic E-state index is 0.0525. The van der Waals surface area contributed by atoms with Gasteiger partial charge in [0.05, 0.1) is 24.7 Å². The van der Waals surface area contributed by atoms with E-state index in [9.17, 15) is 9.90 Å². The van der Waals surface area contributed by atoms with Crippen LogP contribution in [-0.2, 0) is 0 Å². The fourth-order valence-electron chi connectivity index (χ4n) is 3.33. The number of phenolic OH excluding ortho intramolecular Hbond substituents is 1. The lowest BCUT2D eigenvalue weighted by Gasteiger charge is -2.08. The first-order valence-electron chi connectivity index (χ1n) is 10.4. The molecule has 7 heteroatoms. The second-order valence-corrected chi connectivity index (χ2v) is 7.63. The number of ether oxygens (including phenoxy) is 1. The second kappa shape index (κ2) is 9.40. The Morgan fingerprint density at radius 3 is 2.36 bits per heavy atom. The summed E-state index contributed by atoms with van der Waals surface area (Å²) in [5.41, 5.74) is 7.98. The van der Waals surface area contributed by atoms with Crippen molar-refractivity contribution in [3.8, 4) is 28.4 Å². The molecule has 0 aliphatic rings. The summed E-state index contributed by atoms with van der Waals surface area (Å²) < 4.78 is 6.83. The van der Waals surface area contributed by atoms with Gasteiger partial charge in [-0.2, -0.15) is 10.2 Å². The van der Waals surface area contributed by atoms with E-state index in [2.05, 4.69) is 15.6 Å². The van der Waals surface area contributed by atoms with Gasteiger partial charge in [-0.3, -0.25) is 4.79 Å². The number of carbonyl (C=O) groups is 1. The number of nitrogens with zero attached hydrogens (tertiary/aromatic N) is 3. The average Bonchev–Trinajstić information content (AvgIpc) is 3.27. The van der Waals surface area contributed by atoms with Crippen molar-refractivity contribution in [3.05, 3.63) is 95.2 Å². The largest absolute Gasteiger partial charge is 0.504 e. The number of carbonyl (C=O) groups excluding carboxylic acids is 1. The van der Waals surface area contributed by atoms with Crippen LogP contribution in [-0.4, -0.2) is 34.1 Å². The normalized spacial score (nSPS) is 11.0. The summed E-state index contributed by atoms with van der Waals surface area (Å²) in [7, 11) is 1.47. The van der Waals surface area contributed by atoms with E-state index >= 15 is 0 Å². The molecule has 1 heterocycles. The third kappa shape index (κ3) is 4.77. The monoisotopic (exact) mass is 440 g/mol. The van der Waals surface area contributed by atoms with Gasteiger partial charge in [-0.25, -0.2) is 10.1 Å². The highest BCUT2D eigenvalue weighted by atomic mass is 16.5. The van der Waals surface area contributed by atoms with Crippen LogP contribution in [0.1, 0.15) is 27.2 Å². The molecule has 7 nitrogen and oxygen atoms in total. The number of hydrogen-bond acceptors (Lipinski definition) is 5. The predicted octanol–water partition coefficient (Wildman–Crippen LogP) is 4.63. The predicted molar refractivity (Wildman–Crippen MR) is 128 cm³/mol. The Labute approximate surface area is 192 Å². The summed E-state index contributed by atoms with van der Waals surface area (Å²) in [6, 6.07) is 22.7. The van der Waals surface area contributed by atoms with Crippen LogP contribution in [0.25, 0.3) is 16.9 Å². The number of hydrogen-bond donors (Lipinski definition) is 2. The fourth-order valence-corrected chi connectivity index (χ4v) is 3.33. The van der Waals surface area contributed by atoms with Crippen LogP contribution in [0.15, 0.2) is 77.9 Å². The molecule has 0 radical (unpaired) electrons. The standard InChI is InChI=1S/C26H24N4O3/c1-17-7-11-19(12-8-17)23-15-22(29-30(23)21-13-9-18(2)10-14-21)26(32)28-27-16-20-5-4-6-24(33-3)25(20)31/h4-16,31H,1-3H3,(H,28,32)/b27-16-. The first-order valence-corrected chi connectivity index (χ1v) is 10.4. The Bertz CT molecular complexity index is 1240. The summed E-state index contributed by atoms with van der Waals surface area (Å²) in [4.78, 5) is 12.8. The lowest BCUT2D eigenvalue weighted by molar-refractivity contribution is 0.0949. The molecular weight excluding hydrogens is 416 g/mol. The van der Waals surface area contributed by atoms with E-state index in [4.69, 9.17) is 4.74 Å². The van der Waals surface area contributed by atoms with Gasteiger partial charge in [-0.15, -0.1) is 0 Å². The molecule has 166 valence electrons. The summed E-state index contributed by atoms with van der Waals surface area (Å²) in [5.74, 6) is -0.193. The number of aromatic hydroxyl groups is 1. The number of phenols is 1. The molecule has 0 atom stereocenters. The van der Waals surface area contributed by atoms with Crippen molar-refractivity contribution in [1.29, 1.82) is 0 Å². The van der Waals surface area contributed by atoms with Crippen LogP contribution >= 0.6 is 0 Å². The number of methoxy groups -OCH3 is 1. The maximum absolute atomic E-state index is 12.8. The molecule has 0 unspecified atom stereocenters. The topological polar surface area (TPSA) is 88.7 Å². The maximum atomic E-state index is 12.8. The van der Waals surface area contributed by atoms with Gasteiger partial charge < -0.3 is 9.84 Å². The minimum Gasteiger partial charge on any atom is -0.504 e. The van der Waals surface area contributed by atoms with Gasteiger partial charge in [0.25, 0.3) is 5.91 Å². The van der Waals surface area contributed by atoms with Crippen LogP contribution in [0.4, 0.5) is 0 Å². The molecule has 0 aliphatic heterocycles. The highest BCUT2D eigenvalue weighted by Crippen LogP contribution is 2.28. The molecule has 0 saturated heterocycles. The molecule has 0 spiro atoms. The van der Waals surface area contributed by atoms with Gasteiger partial charge in [0.2, 0.25) is 0 Å². The van der Waals surface area contributed by atoms with Crippen molar-refractivity contribution in [3.63, 3.8) is 0 Å². The van der Waals surface area contributed by atoms with Gasteiger partial charge in [0.1, 0.15) is 0 Å². The molecule has 4 rings (SSSR count). The summed E-state index contributed by atoms with van der Waals surface area (Å²) in [6.07, 6.45) is 1.35. The average molecular weight is 441 g/mol. The van der Waals surface area contributed by atoms with Crippen LogP contribution in [0.2, 0.25) is 0 Å². The number of amides is 1. The van der Waals surface area contributed by atoms with Crippen LogP contribution in [0.3, 0.4) is 0 Å². The van der Waals surface area contributed by atoms with Crippen molar-refractivity contribution in [2.45, 2.75) is 13.8 Å². The lowest BCUT2D eigenvalue weighted by Crippen LogP contribution is -2.18. The Morgan fingerprint density at radius 1 is 1.03 bits per heavy atom. The number of aryl methyl sites for hydroxylation is 2. The third-order valence-electron chi connectivity index (χ3n) is 5.19. The summed E-state index contributed by atoms with van der Waals surface area (Å²) in [6.45, 7) is 4.04. The first-order chi connectivity index (χ1) is 16.0. The van der Waals surface area contributed by atoms with Gasteiger partial charge >= 0.3 is 0 Å². The van der Waals surface area contributed by atoms with Crippen LogP contribution in [0, 0.1) is 13.8 Å². The van der Waals surface area contributed by atoms with Crippen LogP contribution < -0.4 is 10.2 Å². The van der Waals surface area contributed by atoms with Gasteiger partial charge in [-0.05, 0) is 44.2 Å². The minimum atomic E-state index is -0.465. The number of aromatic nitrogens is 2. The highest BCUT2D eigenvalue weighted by molar-refractivity contribution is 5.94. The lowest BCUT2D eigenvalue weighted by atomic mass is 10.1. The zero-order chi connectivity index (χ0) is 23.4. The molecule has 4 aromatic rings. The maximum Gasteiger partial charge on any atom is 0.291 e. The number of para-hydroxylation sites is 1. The fraction of sp³-hybridized carbons (Fsp3) is 0.115. The van der Waals surface area contributed by atoms with Crippen molar-refractivity contribution in [1.82, 2.24) is 15.2 Å². The summed E-state index contributed by atoms with van der Waals surface area (Å²) >= 11 is 0. The van der Waals surface area contributed by atoms with Crippen molar-refractivity contribution in [2.24, 2.45) is 5.10 Å². The van der Waals surface area contributed by atoms with Gasteiger partial charge in [-0.1, -0.05) is 53.6 Å². The van der Waals surface area contributed by atoms with E-state index in [0.717, 1.165) is 28.1 Å². The smallest absolute Gasteiger partial charge is 0.291 e. The van der Waals surface area contributed by atoms with Gasteiger partial charge in [0.15, 0.2) is 17.2 Å². The van der Waals surface area contributed by atoms with Crippen molar-refractivity contribution >= 4 is 12.1 Å². The van der Waals surface area contributed by atoms with E-state index in [0.29, 0.717) is 11.3 Å². The number of benzene rings is 3. The van der Waals surface area contributed by atoms with E-state index in [1.807, 2.05) is 62.4 Å². The molecule has 2 N–H and O–H groups in total. The van der Waals surface area contributed by atoms with E-state index in [1.54, 1.807) is 28.9 Å². The van der Waals surface area contributed by atoms with E-state index in [-0.39, 0.29) is 11.4 Å². The molecule has 1 aromatic heterocycles. The Kier molecular flexibility index (Phi) is 6.22. The molecule has 0 saturated carbocycles. The van der Waals surface area contributed by atoms with Crippen molar-refractivity contribution in [2.75, 3.05) is 7.11 Å². The van der Waals surface area contributed by atoms with Gasteiger partial charge in [0, 0.05) is 11.1 Å². The van der Waals surface area contributed by atoms with Crippen LogP contribution in [0.5, 0.6) is 11.5 Å². The Hall–Kier alpha value is -4.39. The molecule has 1 amide bonds.